The van der Waals surface area contributed by atoms with Gasteiger partial charge >= 0.3 is 0 Å². The first-order valence-corrected chi connectivity index (χ1v) is 5.70. The van der Waals surface area contributed by atoms with E-state index in [0.29, 0.717) is 0 Å². The number of halogens is 2. The van der Waals surface area contributed by atoms with Gasteiger partial charge in [-0.2, -0.15) is 5.26 Å². The minimum Gasteiger partial charge on any atom is -0.456 e. The monoisotopic (exact) mass is 292 g/mol. The van der Waals surface area contributed by atoms with Crippen molar-refractivity contribution in [3.8, 4) is 17.6 Å². The molecule has 0 aliphatic heterocycles. The molecule has 0 aliphatic carbocycles. The van der Waals surface area contributed by atoms with Crippen LogP contribution >= 0.6 is 11.6 Å². The first-order chi connectivity index (χ1) is 9.51. The number of rotatable bonds is 3. The Labute approximate surface area is 117 Å². The summed E-state index contributed by atoms with van der Waals surface area (Å²) >= 11 is 5.54. The van der Waals surface area contributed by atoms with Crippen LogP contribution in [0.15, 0.2) is 36.4 Å². The molecule has 0 aromatic heterocycles. The number of ether oxygens (including phenoxy) is 1. The zero-order valence-corrected chi connectivity index (χ0v) is 10.6. The van der Waals surface area contributed by atoms with Gasteiger partial charge < -0.3 is 4.74 Å². The summed E-state index contributed by atoms with van der Waals surface area (Å²) < 4.78 is 18.6. The van der Waals surface area contributed by atoms with E-state index in [1.165, 1.54) is 24.3 Å². The number of nitro benzene ring substituents is 1. The van der Waals surface area contributed by atoms with Crippen molar-refractivity contribution in [3.05, 3.63) is 62.9 Å². The van der Waals surface area contributed by atoms with E-state index >= 15 is 0 Å². The minimum atomic E-state index is -0.662. The molecule has 0 fully saturated rings. The fourth-order valence-corrected chi connectivity index (χ4v) is 1.59. The molecule has 7 heteroatoms. The molecule has 2 aromatic rings. The van der Waals surface area contributed by atoms with Gasteiger partial charge in [-0.05, 0) is 18.2 Å². The first-order valence-electron chi connectivity index (χ1n) is 5.32. The molecule has 0 amide bonds. The topological polar surface area (TPSA) is 76.2 Å². The zero-order valence-electron chi connectivity index (χ0n) is 9.84. The third-order valence-electron chi connectivity index (χ3n) is 2.41. The summed E-state index contributed by atoms with van der Waals surface area (Å²) in [5.41, 5.74) is -0.245. The normalized spacial score (nSPS) is 9.85. The van der Waals surface area contributed by atoms with Crippen molar-refractivity contribution in [1.29, 1.82) is 5.26 Å². The van der Waals surface area contributed by atoms with Crippen LogP contribution in [0, 0.1) is 27.3 Å². The van der Waals surface area contributed by atoms with Crippen LogP contribution in [-0.2, 0) is 0 Å². The minimum absolute atomic E-state index is 0.0189. The van der Waals surface area contributed by atoms with Crippen molar-refractivity contribution in [2.45, 2.75) is 0 Å². The lowest BCUT2D eigenvalue weighted by Crippen LogP contribution is -1.93. The summed E-state index contributed by atoms with van der Waals surface area (Å²) in [6.45, 7) is 0. The van der Waals surface area contributed by atoms with Crippen molar-refractivity contribution >= 4 is 17.3 Å². The van der Waals surface area contributed by atoms with Crippen LogP contribution in [0.3, 0.4) is 0 Å². The summed E-state index contributed by atoms with van der Waals surface area (Å²) in [7, 11) is 0. The summed E-state index contributed by atoms with van der Waals surface area (Å²) in [5, 5.41) is 19.5. The molecule has 0 atom stereocenters. The zero-order chi connectivity index (χ0) is 14.7. The van der Waals surface area contributed by atoms with Crippen molar-refractivity contribution in [2.24, 2.45) is 0 Å². The van der Waals surface area contributed by atoms with Gasteiger partial charge in [0.25, 0.3) is 5.69 Å². The molecule has 0 N–H and O–H groups in total. The Morgan fingerprint density at radius 1 is 1.30 bits per heavy atom. The number of nitriles is 1. The molecule has 0 aliphatic rings. The van der Waals surface area contributed by atoms with Crippen molar-refractivity contribution < 1.29 is 14.1 Å². The molecule has 0 saturated heterocycles. The molecule has 5 nitrogen and oxygen atoms in total. The molecular weight excluding hydrogens is 287 g/mol. The Bertz CT molecular complexity index is 728. The smallest absolute Gasteiger partial charge is 0.271 e. The number of nitro groups is 1. The lowest BCUT2D eigenvalue weighted by Gasteiger charge is -2.07. The molecule has 0 saturated carbocycles. The maximum atomic E-state index is 13.3. The molecule has 0 bridgehead atoms. The maximum absolute atomic E-state index is 13.3. The molecule has 0 heterocycles. The molecule has 100 valence electrons. The van der Waals surface area contributed by atoms with Gasteiger partial charge in [-0.15, -0.1) is 0 Å². The average Bonchev–Trinajstić information content (AvgIpc) is 2.43. The largest absolute Gasteiger partial charge is 0.456 e. The molecule has 0 radical (unpaired) electrons. The van der Waals surface area contributed by atoms with E-state index < -0.39 is 10.7 Å². The van der Waals surface area contributed by atoms with Crippen LogP contribution in [0.1, 0.15) is 5.56 Å². The van der Waals surface area contributed by atoms with E-state index in [1.807, 2.05) is 0 Å². The molecule has 0 unspecified atom stereocenters. The van der Waals surface area contributed by atoms with Gasteiger partial charge in [0.05, 0.1) is 9.95 Å². The second-order valence-corrected chi connectivity index (χ2v) is 4.13. The standard InChI is InChI=1S/C13H6ClFN2O3/c14-11-3-2-10(6-12(11)15)20-13-4-1-9(17(18)19)5-8(13)7-16/h1-6H. The maximum Gasteiger partial charge on any atom is 0.271 e. The van der Waals surface area contributed by atoms with Crippen LogP contribution in [0.4, 0.5) is 10.1 Å². The highest BCUT2D eigenvalue weighted by molar-refractivity contribution is 6.30. The SMILES string of the molecule is N#Cc1cc([N+](=O)[O-])ccc1Oc1ccc(Cl)c(F)c1. The Balaban J connectivity index is 2.36. The molecule has 0 spiro atoms. The van der Waals surface area contributed by atoms with Crippen molar-refractivity contribution in [1.82, 2.24) is 0 Å². The fourth-order valence-electron chi connectivity index (χ4n) is 1.48. The fraction of sp³-hybridized carbons (Fsp3) is 0. The highest BCUT2D eigenvalue weighted by Gasteiger charge is 2.12. The van der Waals surface area contributed by atoms with E-state index in [-0.39, 0.29) is 27.8 Å². The van der Waals surface area contributed by atoms with Crippen LogP contribution in [0.25, 0.3) is 0 Å². The van der Waals surface area contributed by atoms with Crippen LogP contribution in [0.2, 0.25) is 5.02 Å². The van der Waals surface area contributed by atoms with E-state index in [9.17, 15) is 14.5 Å². The third kappa shape index (κ3) is 2.84. The number of hydrogen-bond donors (Lipinski definition) is 0. The quantitative estimate of drug-likeness (QED) is 0.631. The Hall–Kier alpha value is -2.65. The van der Waals surface area contributed by atoms with E-state index in [1.54, 1.807) is 6.07 Å². The number of hydrogen-bond acceptors (Lipinski definition) is 4. The molecular formula is C13H6ClFN2O3. The lowest BCUT2D eigenvalue weighted by molar-refractivity contribution is -0.384. The van der Waals surface area contributed by atoms with Crippen LogP contribution in [0.5, 0.6) is 11.5 Å². The van der Waals surface area contributed by atoms with E-state index in [0.717, 1.165) is 12.1 Å². The van der Waals surface area contributed by atoms with Gasteiger partial charge in [0, 0.05) is 18.2 Å². The Morgan fingerprint density at radius 2 is 2.05 bits per heavy atom. The highest BCUT2D eigenvalue weighted by Crippen LogP contribution is 2.29. The van der Waals surface area contributed by atoms with Gasteiger partial charge in [0.1, 0.15) is 28.9 Å². The van der Waals surface area contributed by atoms with Gasteiger partial charge in [-0.3, -0.25) is 10.1 Å². The molecule has 20 heavy (non-hydrogen) atoms. The number of nitrogens with zero attached hydrogens (tertiary/aromatic N) is 2. The second-order valence-electron chi connectivity index (χ2n) is 3.73. The Morgan fingerprint density at radius 3 is 2.65 bits per heavy atom. The van der Waals surface area contributed by atoms with Gasteiger partial charge in [-0.1, -0.05) is 11.6 Å². The second kappa shape index (κ2) is 5.55. The average molecular weight is 293 g/mol. The summed E-state index contributed by atoms with van der Waals surface area (Å²) in [5.74, 6) is -0.429. The van der Waals surface area contributed by atoms with Crippen LogP contribution < -0.4 is 4.74 Å². The van der Waals surface area contributed by atoms with Gasteiger partial charge in [-0.25, -0.2) is 4.39 Å². The number of non-ortho nitro benzene ring substituents is 1. The Kier molecular flexibility index (Phi) is 3.82. The first kappa shape index (κ1) is 13.8. The highest BCUT2D eigenvalue weighted by atomic mass is 35.5. The summed E-state index contributed by atoms with van der Waals surface area (Å²) in [6.07, 6.45) is 0. The third-order valence-corrected chi connectivity index (χ3v) is 2.72. The van der Waals surface area contributed by atoms with Crippen molar-refractivity contribution in [3.63, 3.8) is 0 Å². The number of benzene rings is 2. The predicted molar refractivity (Wildman–Crippen MR) is 69.3 cm³/mol. The van der Waals surface area contributed by atoms with E-state index in [2.05, 4.69) is 0 Å². The predicted octanol–water partition coefficient (Wildman–Crippen LogP) is 4.05. The van der Waals surface area contributed by atoms with E-state index in [4.69, 9.17) is 21.6 Å². The van der Waals surface area contributed by atoms with Crippen molar-refractivity contribution in [2.75, 3.05) is 0 Å². The summed E-state index contributed by atoms with van der Waals surface area (Å²) in [6, 6.07) is 9.14. The molecule has 2 aromatic carbocycles. The lowest BCUT2D eigenvalue weighted by atomic mass is 10.2. The van der Waals surface area contributed by atoms with Crippen LogP contribution in [-0.4, -0.2) is 4.92 Å². The van der Waals surface area contributed by atoms with Gasteiger partial charge in [0.2, 0.25) is 0 Å². The molecule has 2 rings (SSSR count). The van der Waals surface area contributed by atoms with Gasteiger partial charge in [0.15, 0.2) is 0 Å². The summed E-state index contributed by atoms with van der Waals surface area (Å²) in [4.78, 5) is 9.99.